The lowest BCUT2D eigenvalue weighted by atomic mass is 10.0. The van der Waals surface area contributed by atoms with E-state index in [1.807, 2.05) is 17.0 Å². The fraction of sp³-hybridized carbons (Fsp3) is 0.308. The maximum absolute atomic E-state index is 11.6. The van der Waals surface area contributed by atoms with E-state index in [-0.39, 0.29) is 12.5 Å². The van der Waals surface area contributed by atoms with Crippen LogP contribution in [0.15, 0.2) is 24.3 Å². The van der Waals surface area contributed by atoms with Crippen molar-refractivity contribution in [1.82, 2.24) is 9.88 Å². The van der Waals surface area contributed by atoms with Crippen LogP contribution in [0, 0.1) is 0 Å². The van der Waals surface area contributed by atoms with Crippen LogP contribution < -0.4 is 5.73 Å². The Morgan fingerprint density at radius 1 is 1.41 bits per heavy atom. The van der Waals surface area contributed by atoms with Crippen molar-refractivity contribution in [3.8, 4) is 0 Å². The Kier molecular flexibility index (Phi) is 2.37. The lowest BCUT2D eigenvalue weighted by molar-refractivity contribution is -0.130. The Bertz CT molecular complexity index is 573. The first-order valence-electron chi connectivity index (χ1n) is 5.86. The first kappa shape index (κ1) is 10.4. The Labute approximate surface area is 99.4 Å². The largest absolute Gasteiger partial charge is 0.357 e. The molecule has 0 aliphatic carbocycles. The monoisotopic (exact) mass is 229 g/mol. The number of aromatic amines is 1. The maximum atomic E-state index is 11.6. The summed E-state index contributed by atoms with van der Waals surface area (Å²) in [5.74, 6) is 0.0225. The van der Waals surface area contributed by atoms with Gasteiger partial charge in [-0.3, -0.25) is 4.79 Å². The molecule has 0 spiro atoms. The molecule has 3 N–H and O–H groups in total. The van der Waals surface area contributed by atoms with E-state index in [0.717, 1.165) is 24.2 Å². The average Bonchev–Trinajstić information content (AvgIpc) is 2.75. The number of benzene rings is 1. The second-order valence-corrected chi connectivity index (χ2v) is 4.40. The number of aromatic nitrogens is 1. The van der Waals surface area contributed by atoms with E-state index in [9.17, 15) is 4.79 Å². The molecule has 0 fully saturated rings. The summed E-state index contributed by atoms with van der Waals surface area (Å²) in [7, 11) is 0. The third-order valence-corrected chi connectivity index (χ3v) is 3.41. The summed E-state index contributed by atoms with van der Waals surface area (Å²) in [5, 5.41) is 1.28. The van der Waals surface area contributed by atoms with E-state index >= 15 is 0 Å². The highest BCUT2D eigenvalue weighted by Gasteiger charge is 2.22. The van der Waals surface area contributed by atoms with Gasteiger partial charge in [-0.15, -0.1) is 0 Å². The first-order valence-corrected chi connectivity index (χ1v) is 5.86. The molecule has 0 atom stereocenters. The van der Waals surface area contributed by atoms with Gasteiger partial charge in [0.1, 0.15) is 0 Å². The molecule has 0 bridgehead atoms. The zero-order valence-electron chi connectivity index (χ0n) is 9.57. The van der Waals surface area contributed by atoms with Gasteiger partial charge in [-0.05, 0) is 18.1 Å². The molecular formula is C13H15N3O. The molecule has 3 rings (SSSR count). The number of amides is 1. The Morgan fingerprint density at radius 2 is 2.24 bits per heavy atom. The number of nitrogens with two attached hydrogens (primary N) is 1. The summed E-state index contributed by atoms with van der Waals surface area (Å²) in [6, 6.07) is 8.27. The van der Waals surface area contributed by atoms with Crippen molar-refractivity contribution in [1.29, 1.82) is 0 Å². The van der Waals surface area contributed by atoms with E-state index in [2.05, 4.69) is 17.1 Å². The highest BCUT2D eigenvalue weighted by atomic mass is 16.2. The number of fused-ring (bicyclic) bond motifs is 3. The fourth-order valence-electron chi connectivity index (χ4n) is 2.54. The predicted octanol–water partition coefficient (Wildman–Crippen LogP) is 1.01. The van der Waals surface area contributed by atoms with Gasteiger partial charge in [0.15, 0.2) is 0 Å². The number of para-hydroxylation sites is 1. The summed E-state index contributed by atoms with van der Waals surface area (Å²) in [6.07, 6.45) is 0.908. The van der Waals surface area contributed by atoms with Gasteiger partial charge in [0.2, 0.25) is 5.91 Å². The average molecular weight is 229 g/mol. The van der Waals surface area contributed by atoms with Crippen molar-refractivity contribution in [3.63, 3.8) is 0 Å². The molecule has 1 aromatic carbocycles. The van der Waals surface area contributed by atoms with Crippen LogP contribution in [-0.4, -0.2) is 28.9 Å². The van der Waals surface area contributed by atoms with Crippen LogP contribution in [0.2, 0.25) is 0 Å². The van der Waals surface area contributed by atoms with Gasteiger partial charge in [-0.2, -0.15) is 0 Å². The fourth-order valence-corrected chi connectivity index (χ4v) is 2.54. The van der Waals surface area contributed by atoms with E-state index in [1.54, 1.807) is 0 Å². The standard InChI is InChI=1S/C13H15N3O/c14-7-13(17)16-6-5-10-9-3-1-2-4-11(9)15-12(10)8-16/h1-4,15H,5-8,14H2. The Hall–Kier alpha value is -1.81. The molecule has 1 amide bonds. The van der Waals surface area contributed by atoms with Gasteiger partial charge in [0.05, 0.1) is 13.1 Å². The summed E-state index contributed by atoms with van der Waals surface area (Å²) in [6.45, 7) is 1.51. The number of nitrogens with one attached hydrogen (secondary N) is 1. The SMILES string of the molecule is NCC(=O)N1CCc2c([nH]c3ccccc23)C1. The molecule has 1 aliphatic heterocycles. The minimum absolute atomic E-state index is 0.0225. The number of hydrogen-bond donors (Lipinski definition) is 2. The molecule has 1 aliphatic rings. The second-order valence-electron chi connectivity index (χ2n) is 4.40. The van der Waals surface area contributed by atoms with Crippen molar-refractivity contribution in [2.75, 3.05) is 13.1 Å². The molecular weight excluding hydrogens is 214 g/mol. The Morgan fingerprint density at radius 3 is 3.06 bits per heavy atom. The summed E-state index contributed by atoms with van der Waals surface area (Å²) in [5.41, 5.74) is 9.05. The third kappa shape index (κ3) is 1.61. The maximum Gasteiger partial charge on any atom is 0.236 e. The molecule has 0 saturated heterocycles. The zero-order chi connectivity index (χ0) is 11.8. The van der Waals surface area contributed by atoms with Crippen molar-refractivity contribution >= 4 is 16.8 Å². The van der Waals surface area contributed by atoms with Crippen LogP contribution in [0.4, 0.5) is 0 Å². The van der Waals surface area contributed by atoms with Crippen LogP contribution >= 0.6 is 0 Å². The summed E-state index contributed by atoms with van der Waals surface area (Å²) in [4.78, 5) is 16.8. The highest BCUT2D eigenvalue weighted by molar-refractivity contribution is 5.85. The molecule has 0 radical (unpaired) electrons. The molecule has 1 aromatic heterocycles. The molecule has 0 unspecified atom stereocenters. The lowest BCUT2D eigenvalue weighted by Crippen LogP contribution is -2.39. The van der Waals surface area contributed by atoms with E-state index < -0.39 is 0 Å². The van der Waals surface area contributed by atoms with Gasteiger partial charge in [-0.1, -0.05) is 18.2 Å². The van der Waals surface area contributed by atoms with Crippen molar-refractivity contribution < 1.29 is 4.79 Å². The smallest absolute Gasteiger partial charge is 0.236 e. The van der Waals surface area contributed by atoms with Crippen LogP contribution in [-0.2, 0) is 17.8 Å². The number of rotatable bonds is 1. The van der Waals surface area contributed by atoms with Gasteiger partial charge in [-0.25, -0.2) is 0 Å². The van der Waals surface area contributed by atoms with Crippen molar-refractivity contribution in [2.45, 2.75) is 13.0 Å². The second kappa shape index (κ2) is 3.89. The minimum atomic E-state index is 0.0225. The number of H-pyrrole nitrogens is 1. The molecule has 17 heavy (non-hydrogen) atoms. The van der Waals surface area contributed by atoms with E-state index in [1.165, 1.54) is 10.9 Å². The number of nitrogens with zero attached hydrogens (tertiary/aromatic N) is 1. The van der Waals surface area contributed by atoms with Crippen LogP contribution in [0.25, 0.3) is 10.9 Å². The van der Waals surface area contributed by atoms with Gasteiger partial charge >= 0.3 is 0 Å². The van der Waals surface area contributed by atoms with Crippen LogP contribution in [0.3, 0.4) is 0 Å². The molecule has 88 valence electrons. The molecule has 4 nitrogen and oxygen atoms in total. The van der Waals surface area contributed by atoms with Crippen LogP contribution in [0.5, 0.6) is 0 Å². The van der Waals surface area contributed by atoms with Gasteiger partial charge in [0, 0.05) is 23.1 Å². The third-order valence-electron chi connectivity index (χ3n) is 3.41. The summed E-state index contributed by atoms with van der Waals surface area (Å²) >= 11 is 0. The number of hydrogen-bond acceptors (Lipinski definition) is 2. The minimum Gasteiger partial charge on any atom is -0.357 e. The van der Waals surface area contributed by atoms with Gasteiger partial charge in [0.25, 0.3) is 0 Å². The summed E-state index contributed by atoms with van der Waals surface area (Å²) < 4.78 is 0. The number of carbonyl (C=O) groups excluding carboxylic acids is 1. The zero-order valence-corrected chi connectivity index (χ0v) is 9.57. The van der Waals surface area contributed by atoms with Crippen molar-refractivity contribution in [3.05, 3.63) is 35.5 Å². The molecule has 0 saturated carbocycles. The first-order chi connectivity index (χ1) is 8.29. The molecule has 2 aromatic rings. The topological polar surface area (TPSA) is 62.1 Å². The Balaban J connectivity index is 2.00. The van der Waals surface area contributed by atoms with E-state index in [0.29, 0.717) is 6.54 Å². The molecule has 4 heteroatoms. The van der Waals surface area contributed by atoms with Crippen LogP contribution in [0.1, 0.15) is 11.3 Å². The highest BCUT2D eigenvalue weighted by Crippen LogP contribution is 2.27. The number of carbonyl (C=O) groups is 1. The predicted molar refractivity (Wildman–Crippen MR) is 66.5 cm³/mol. The van der Waals surface area contributed by atoms with E-state index in [4.69, 9.17) is 5.73 Å². The lowest BCUT2D eigenvalue weighted by Gasteiger charge is -2.26. The van der Waals surface area contributed by atoms with Gasteiger partial charge < -0.3 is 15.6 Å². The normalized spacial score (nSPS) is 15.0. The molecule has 2 heterocycles. The quantitative estimate of drug-likeness (QED) is 0.766. The van der Waals surface area contributed by atoms with Crippen molar-refractivity contribution in [2.24, 2.45) is 5.73 Å².